The first kappa shape index (κ1) is 19.2. The molecule has 6 nitrogen and oxygen atoms in total. The van der Waals surface area contributed by atoms with Crippen LogP contribution in [-0.2, 0) is 10.5 Å². The fourth-order valence-electron chi connectivity index (χ4n) is 3.86. The van der Waals surface area contributed by atoms with Gasteiger partial charge in [0.2, 0.25) is 11.8 Å². The predicted octanol–water partition coefficient (Wildman–Crippen LogP) is 3.44. The number of hydrogen-bond acceptors (Lipinski definition) is 7. The van der Waals surface area contributed by atoms with E-state index in [9.17, 15) is 4.79 Å². The first-order valence-electron chi connectivity index (χ1n) is 9.68. The molecule has 27 heavy (non-hydrogen) atoms. The molecule has 1 unspecified atom stereocenters. The number of aromatic nitrogens is 2. The van der Waals surface area contributed by atoms with Gasteiger partial charge in [0.1, 0.15) is 13.5 Å². The van der Waals surface area contributed by atoms with Gasteiger partial charge in [-0.25, -0.2) is 9.97 Å². The molecule has 2 aliphatic rings. The average Bonchev–Trinajstić information content (AvgIpc) is 3.42. The van der Waals surface area contributed by atoms with Gasteiger partial charge in [-0.15, -0.1) is 11.8 Å². The normalized spacial score (nSPS) is 22.0. The van der Waals surface area contributed by atoms with Crippen LogP contribution in [0.5, 0.6) is 0 Å². The number of thioether (sulfide) groups is 1. The Bertz CT molecular complexity index is 782. The zero-order valence-electron chi connectivity index (χ0n) is 15.6. The Morgan fingerprint density at radius 1 is 1.37 bits per heavy atom. The molecule has 2 saturated heterocycles. The summed E-state index contributed by atoms with van der Waals surface area (Å²) in [6, 6.07) is 2.65. The lowest BCUT2D eigenvalue weighted by Gasteiger charge is -2.21. The van der Waals surface area contributed by atoms with Crippen LogP contribution < -0.4 is 16.0 Å². The Morgan fingerprint density at radius 2 is 2.22 bits per heavy atom. The van der Waals surface area contributed by atoms with E-state index in [0.29, 0.717) is 10.9 Å². The number of carbonyl (C=O) groups excluding carboxylic acids is 1. The van der Waals surface area contributed by atoms with Gasteiger partial charge < -0.3 is 15.1 Å². The number of nitrogens with one attached hydrogen (secondary N) is 2. The molecule has 2 aromatic rings. The first-order valence-corrected chi connectivity index (χ1v) is 14.4. The third kappa shape index (κ3) is 4.64. The van der Waals surface area contributed by atoms with Crippen LogP contribution in [0.1, 0.15) is 31.6 Å². The van der Waals surface area contributed by atoms with E-state index >= 15 is 0 Å². The van der Waals surface area contributed by atoms with E-state index < -0.39 is 8.07 Å². The molecule has 4 heterocycles. The van der Waals surface area contributed by atoms with Gasteiger partial charge >= 0.3 is 0 Å². The van der Waals surface area contributed by atoms with Gasteiger partial charge in [-0.1, -0.05) is 42.8 Å². The Labute approximate surface area is 168 Å². The number of rotatable bonds is 6. The second kappa shape index (κ2) is 8.46. The van der Waals surface area contributed by atoms with Crippen molar-refractivity contribution in [2.45, 2.75) is 54.3 Å². The molecule has 9 heteroatoms. The molecule has 1 atom stereocenters. The molecule has 2 N–H and O–H groups in total. The lowest BCUT2D eigenvalue weighted by molar-refractivity contribution is -0.120. The molecule has 0 aliphatic carbocycles. The molecule has 0 radical (unpaired) electrons. The van der Waals surface area contributed by atoms with Gasteiger partial charge in [0.15, 0.2) is 5.13 Å². The minimum atomic E-state index is -1.38. The van der Waals surface area contributed by atoms with Gasteiger partial charge in [0.25, 0.3) is 0 Å². The molecule has 0 spiro atoms. The summed E-state index contributed by atoms with van der Waals surface area (Å²) in [4.78, 5) is 21.1. The van der Waals surface area contributed by atoms with Crippen LogP contribution in [0.3, 0.4) is 0 Å². The largest absolute Gasteiger partial charge is 0.450 e. The van der Waals surface area contributed by atoms with Gasteiger partial charge in [-0.3, -0.25) is 4.79 Å². The second-order valence-electron chi connectivity index (χ2n) is 7.69. The van der Waals surface area contributed by atoms with Gasteiger partial charge in [-0.05, 0) is 19.4 Å². The van der Waals surface area contributed by atoms with Crippen molar-refractivity contribution in [2.75, 3.05) is 18.4 Å². The molecule has 2 fully saturated rings. The standard InChI is InChI=1S/C18H26N4O2S2Si/c1-27(7-2-3-8-27)15-10-20-14(24-15)12-25-16-11-21-18(26-16)22-17(23)13-5-4-6-19-9-13/h10-11,13,19H,2-9,12H2,1H3,(H,21,22,23). The topological polar surface area (TPSA) is 80.0 Å². The molecule has 2 aliphatic heterocycles. The van der Waals surface area contributed by atoms with E-state index in [4.69, 9.17) is 4.42 Å². The summed E-state index contributed by atoms with van der Waals surface area (Å²) in [5, 5.41) is 8.07. The molecular weight excluding hydrogens is 396 g/mol. The van der Waals surface area contributed by atoms with E-state index in [0.717, 1.165) is 41.4 Å². The molecule has 0 bridgehead atoms. The van der Waals surface area contributed by atoms with E-state index in [1.54, 1.807) is 11.8 Å². The van der Waals surface area contributed by atoms with Crippen LogP contribution in [-0.4, -0.2) is 37.0 Å². The SMILES string of the molecule is C[Si]1(c2cnc(CSc3cnc(NC(=O)C4CCCNC4)s3)o2)CCCC1. The molecule has 4 rings (SSSR count). The van der Waals surface area contributed by atoms with Gasteiger partial charge in [0.05, 0.1) is 28.3 Å². The highest BCUT2D eigenvalue weighted by atomic mass is 32.2. The maximum absolute atomic E-state index is 12.3. The molecule has 1 amide bonds. The first-order chi connectivity index (χ1) is 13.1. The van der Waals surface area contributed by atoms with Crippen LogP contribution in [0.2, 0.25) is 18.6 Å². The summed E-state index contributed by atoms with van der Waals surface area (Å²) < 4.78 is 7.15. The van der Waals surface area contributed by atoms with E-state index in [1.165, 1.54) is 36.3 Å². The number of carbonyl (C=O) groups is 1. The lowest BCUT2D eigenvalue weighted by Crippen LogP contribution is -2.40. The van der Waals surface area contributed by atoms with Crippen molar-refractivity contribution in [3.8, 4) is 0 Å². The summed E-state index contributed by atoms with van der Waals surface area (Å²) in [5.74, 6) is 1.61. The highest BCUT2D eigenvalue weighted by molar-refractivity contribution is 8.00. The molecular formula is C18H26N4O2S2Si. The zero-order valence-corrected chi connectivity index (χ0v) is 18.3. The van der Waals surface area contributed by atoms with Gasteiger partial charge in [-0.2, -0.15) is 0 Å². The minimum Gasteiger partial charge on any atom is -0.450 e. The highest BCUT2D eigenvalue weighted by Gasteiger charge is 2.36. The maximum atomic E-state index is 12.3. The number of amides is 1. The van der Waals surface area contributed by atoms with Gasteiger partial charge in [0, 0.05) is 6.54 Å². The summed E-state index contributed by atoms with van der Waals surface area (Å²) in [6.07, 6.45) is 8.45. The fraction of sp³-hybridized carbons (Fsp3) is 0.611. The number of oxazole rings is 1. The molecule has 0 aromatic carbocycles. The molecule has 0 saturated carbocycles. The van der Waals surface area contributed by atoms with E-state index in [2.05, 4.69) is 27.1 Å². The predicted molar refractivity (Wildman–Crippen MR) is 113 cm³/mol. The van der Waals surface area contributed by atoms with Crippen molar-refractivity contribution in [3.05, 3.63) is 18.3 Å². The number of thiazole rings is 1. The zero-order chi connectivity index (χ0) is 18.7. The maximum Gasteiger partial charge on any atom is 0.230 e. The third-order valence-corrected chi connectivity index (χ3v) is 12.0. The van der Waals surface area contributed by atoms with Crippen LogP contribution in [0.25, 0.3) is 0 Å². The summed E-state index contributed by atoms with van der Waals surface area (Å²) >= 11 is 3.18. The third-order valence-electron chi connectivity index (χ3n) is 5.58. The van der Waals surface area contributed by atoms with E-state index in [-0.39, 0.29) is 11.8 Å². The number of piperidine rings is 1. The van der Waals surface area contributed by atoms with Crippen LogP contribution in [0, 0.1) is 5.92 Å². The van der Waals surface area contributed by atoms with Crippen molar-refractivity contribution >= 4 is 47.6 Å². The van der Waals surface area contributed by atoms with Crippen molar-refractivity contribution in [1.29, 1.82) is 0 Å². The molecule has 146 valence electrons. The number of anilines is 1. The smallest absolute Gasteiger partial charge is 0.230 e. The Kier molecular flexibility index (Phi) is 6.01. The second-order valence-corrected chi connectivity index (χ2v) is 14.6. The Hall–Kier alpha value is -1.16. The number of hydrogen-bond donors (Lipinski definition) is 2. The van der Waals surface area contributed by atoms with Crippen molar-refractivity contribution in [2.24, 2.45) is 5.92 Å². The summed E-state index contributed by atoms with van der Waals surface area (Å²) in [5.41, 5.74) is 0. The van der Waals surface area contributed by atoms with Crippen LogP contribution in [0.15, 0.2) is 21.0 Å². The summed E-state index contributed by atoms with van der Waals surface area (Å²) in [7, 11) is -1.38. The lowest BCUT2D eigenvalue weighted by atomic mass is 9.99. The average molecular weight is 423 g/mol. The van der Waals surface area contributed by atoms with Crippen molar-refractivity contribution in [3.63, 3.8) is 0 Å². The Balaban J connectivity index is 1.29. The van der Waals surface area contributed by atoms with E-state index in [1.807, 2.05) is 12.4 Å². The monoisotopic (exact) mass is 422 g/mol. The van der Waals surface area contributed by atoms with Crippen LogP contribution in [0.4, 0.5) is 5.13 Å². The summed E-state index contributed by atoms with van der Waals surface area (Å²) in [6.45, 7) is 4.18. The van der Waals surface area contributed by atoms with Crippen LogP contribution >= 0.6 is 23.1 Å². The van der Waals surface area contributed by atoms with Crippen molar-refractivity contribution in [1.82, 2.24) is 15.3 Å². The Morgan fingerprint density at radius 3 is 3.00 bits per heavy atom. The minimum absolute atomic E-state index is 0.0469. The molecule has 2 aromatic heterocycles. The quantitative estimate of drug-likeness (QED) is 0.548. The highest BCUT2D eigenvalue weighted by Crippen LogP contribution is 2.32. The number of nitrogens with zero attached hydrogens (tertiary/aromatic N) is 2. The fourth-order valence-corrected chi connectivity index (χ4v) is 9.13. The van der Waals surface area contributed by atoms with Crippen molar-refractivity contribution < 1.29 is 9.21 Å².